The fourth-order valence-electron chi connectivity index (χ4n) is 3.09. The lowest BCUT2D eigenvalue weighted by Crippen LogP contribution is -2.38. The van der Waals surface area contributed by atoms with Gasteiger partial charge in [0.05, 0.1) is 5.02 Å². The zero-order valence-electron chi connectivity index (χ0n) is 13.6. The van der Waals surface area contributed by atoms with Gasteiger partial charge >= 0.3 is 0 Å². The Labute approximate surface area is 148 Å². The van der Waals surface area contributed by atoms with Gasteiger partial charge in [-0.1, -0.05) is 23.7 Å². The van der Waals surface area contributed by atoms with Crippen LogP contribution >= 0.6 is 11.6 Å². The Morgan fingerprint density at radius 3 is 2.46 bits per heavy atom. The number of hydrogen-bond acceptors (Lipinski definition) is 3. The quantitative estimate of drug-likeness (QED) is 0.837. The average Bonchev–Trinajstić information content (AvgIpc) is 3.37. The normalized spacial score (nSPS) is 20.0. The maximum absolute atomic E-state index is 12.7. The van der Waals surface area contributed by atoms with Crippen LogP contribution in [0.25, 0.3) is 0 Å². The minimum Gasteiger partial charge on any atom is -0.353 e. The summed E-state index contributed by atoms with van der Waals surface area (Å²) in [5.41, 5.74) is 0. The number of amides is 1. The van der Waals surface area contributed by atoms with Gasteiger partial charge in [0, 0.05) is 25.6 Å². The molecule has 0 bridgehead atoms. The molecule has 5 nitrogen and oxygen atoms in total. The van der Waals surface area contributed by atoms with Gasteiger partial charge in [-0.3, -0.25) is 4.79 Å². The van der Waals surface area contributed by atoms with Crippen LogP contribution in [0, 0.1) is 5.92 Å². The van der Waals surface area contributed by atoms with Crippen LogP contribution in [-0.4, -0.2) is 37.8 Å². The summed E-state index contributed by atoms with van der Waals surface area (Å²) in [4.78, 5) is 11.9. The molecule has 1 saturated heterocycles. The van der Waals surface area contributed by atoms with Gasteiger partial charge in [-0.05, 0) is 50.2 Å². The first-order chi connectivity index (χ1) is 11.5. The zero-order valence-corrected chi connectivity index (χ0v) is 15.2. The largest absolute Gasteiger partial charge is 0.353 e. The van der Waals surface area contributed by atoms with Gasteiger partial charge in [0.1, 0.15) is 4.90 Å². The molecular weight excluding hydrogens is 348 g/mol. The van der Waals surface area contributed by atoms with Crippen molar-refractivity contribution in [3.8, 4) is 0 Å². The third kappa shape index (κ3) is 4.29. The molecule has 1 amide bonds. The first-order valence-corrected chi connectivity index (χ1v) is 10.3. The lowest BCUT2D eigenvalue weighted by atomic mass is 9.93. The van der Waals surface area contributed by atoms with Crippen LogP contribution in [-0.2, 0) is 14.8 Å². The van der Waals surface area contributed by atoms with Crippen molar-refractivity contribution in [1.29, 1.82) is 0 Å². The number of piperidine rings is 1. The number of hydrogen-bond donors (Lipinski definition) is 1. The van der Waals surface area contributed by atoms with Gasteiger partial charge < -0.3 is 5.32 Å². The first-order valence-electron chi connectivity index (χ1n) is 8.51. The maximum atomic E-state index is 12.7. The van der Waals surface area contributed by atoms with Gasteiger partial charge in [0.2, 0.25) is 15.9 Å². The number of rotatable bonds is 6. The predicted molar refractivity (Wildman–Crippen MR) is 93.3 cm³/mol. The number of nitrogens with one attached hydrogen (secondary N) is 1. The molecule has 0 aromatic heterocycles. The maximum Gasteiger partial charge on any atom is 0.244 e. The Hall–Kier alpha value is -1.11. The van der Waals surface area contributed by atoms with E-state index in [1.54, 1.807) is 24.3 Å². The highest BCUT2D eigenvalue weighted by atomic mass is 35.5. The van der Waals surface area contributed by atoms with Gasteiger partial charge in [-0.15, -0.1) is 0 Å². The molecule has 7 heteroatoms. The van der Waals surface area contributed by atoms with E-state index in [0.29, 0.717) is 31.5 Å². The lowest BCUT2D eigenvalue weighted by molar-refractivity contribution is -0.121. The fourth-order valence-corrected chi connectivity index (χ4v) is 5.06. The second-order valence-corrected chi connectivity index (χ2v) is 8.97. The van der Waals surface area contributed by atoms with Gasteiger partial charge in [0.25, 0.3) is 0 Å². The summed E-state index contributed by atoms with van der Waals surface area (Å²) < 4.78 is 26.9. The molecule has 132 valence electrons. The van der Waals surface area contributed by atoms with Crippen molar-refractivity contribution in [2.45, 2.75) is 49.5 Å². The molecule has 1 aliphatic carbocycles. The molecule has 24 heavy (non-hydrogen) atoms. The summed E-state index contributed by atoms with van der Waals surface area (Å²) in [6, 6.07) is 6.95. The summed E-state index contributed by atoms with van der Waals surface area (Å²) in [5.74, 6) is 0.538. The summed E-state index contributed by atoms with van der Waals surface area (Å²) in [6.07, 6.45) is 5.16. The lowest BCUT2D eigenvalue weighted by Gasteiger charge is -2.31. The van der Waals surface area contributed by atoms with Crippen molar-refractivity contribution in [3.05, 3.63) is 29.3 Å². The molecule has 1 saturated carbocycles. The van der Waals surface area contributed by atoms with Crippen molar-refractivity contribution in [1.82, 2.24) is 9.62 Å². The van der Waals surface area contributed by atoms with E-state index in [0.717, 1.165) is 32.1 Å². The van der Waals surface area contributed by atoms with Crippen molar-refractivity contribution >= 4 is 27.5 Å². The van der Waals surface area contributed by atoms with E-state index in [9.17, 15) is 13.2 Å². The van der Waals surface area contributed by atoms with Crippen molar-refractivity contribution in [2.75, 3.05) is 13.1 Å². The Kier molecular flexibility index (Phi) is 5.47. The van der Waals surface area contributed by atoms with Crippen molar-refractivity contribution < 1.29 is 13.2 Å². The number of nitrogens with zero attached hydrogens (tertiary/aromatic N) is 1. The van der Waals surface area contributed by atoms with E-state index in [1.807, 2.05) is 0 Å². The summed E-state index contributed by atoms with van der Waals surface area (Å²) in [6.45, 7) is 0.977. The van der Waals surface area contributed by atoms with E-state index < -0.39 is 10.0 Å². The van der Waals surface area contributed by atoms with Crippen molar-refractivity contribution in [2.24, 2.45) is 5.92 Å². The second kappa shape index (κ2) is 7.42. The smallest absolute Gasteiger partial charge is 0.244 e. The number of sulfonamides is 1. The predicted octanol–water partition coefficient (Wildman–Crippen LogP) is 2.80. The number of halogens is 1. The van der Waals surface area contributed by atoms with Crippen LogP contribution in [0.15, 0.2) is 29.2 Å². The molecule has 1 aromatic rings. The Morgan fingerprint density at radius 2 is 1.83 bits per heavy atom. The minimum atomic E-state index is -3.53. The molecule has 0 radical (unpaired) electrons. The number of benzene rings is 1. The standard InChI is InChI=1S/C17H23ClN2O3S/c18-15-3-1-2-4-16(15)24(22,23)20-11-9-13(10-12-20)5-8-17(21)19-14-6-7-14/h1-4,13-14H,5-12H2,(H,19,21). The Balaban J connectivity index is 1.51. The topological polar surface area (TPSA) is 66.5 Å². The van der Waals surface area contributed by atoms with Crippen LogP contribution in [0.3, 0.4) is 0 Å². The van der Waals surface area contributed by atoms with E-state index in [4.69, 9.17) is 11.6 Å². The third-order valence-corrected chi connectivity index (χ3v) is 7.15. The highest BCUT2D eigenvalue weighted by Crippen LogP contribution is 2.29. The van der Waals surface area contributed by atoms with E-state index >= 15 is 0 Å². The van der Waals surface area contributed by atoms with Gasteiger partial charge in [-0.25, -0.2) is 8.42 Å². The monoisotopic (exact) mass is 370 g/mol. The molecule has 0 unspecified atom stereocenters. The molecular formula is C17H23ClN2O3S. The van der Waals surface area contributed by atoms with Crippen LogP contribution in [0.5, 0.6) is 0 Å². The molecule has 1 heterocycles. The summed E-state index contributed by atoms with van der Waals surface area (Å²) >= 11 is 6.04. The molecule has 2 aliphatic rings. The molecule has 3 rings (SSSR count). The van der Waals surface area contributed by atoms with Crippen LogP contribution in [0.1, 0.15) is 38.5 Å². The molecule has 1 aromatic carbocycles. The minimum absolute atomic E-state index is 0.128. The Bertz CT molecular complexity index is 696. The average molecular weight is 371 g/mol. The fraction of sp³-hybridized carbons (Fsp3) is 0.588. The third-order valence-electron chi connectivity index (χ3n) is 4.75. The van der Waals surface area contributed by atoms with Crippen LogP contribution in [0.4, 0.5) is 0 Å². The molecule has 1 aliphatic heterocycles. The molecule has 1 N–H and O–H groups in total. The Morgan fingerprint density at radius 1 is 1.17 bits per heavy atom. The van der Waals surface area contributed by atoms with E-state index in [-0.39, 0.29) is 15.8 Å². The number of carbonyl (C=O) groups is 1. The van der Waals surface area contributed by atoms with Gasteiger partial charge in [-0.2, -0.15) is 4.31 Å². The van der Waals surface area contributed by atoms with E-state index in [2.05, 4.69) is 5.32 Å². The highest BCUT2D eigenvalue weighted by molar-refractivity contribution is 7.89. The van der Waals surface area contributed by atoms with Crippen LogP contribution in [0.2, 0.25) is 5.02 Å². The van der Waals surface area contributed by atoms with Gasteiger partial charge in [0.15, 0.2) is 0 Å². The highest BCUT2D eigenvalue weighted by Gasteiger charge is 2.31. The summed E-state index contributed by atoms with van der Waals surface area (Å²) in [5, 5.41) is 3.25. The first kappa shape index (κ1) is 17.7. The SMILES string of the molecule is O=C(CCC1CCN(S(=O)(=O)c2ccccc2Cl)CC1)NC1CC1. The van der Waals surface area contributed by atoms with E-state index in [1.165, 1.54) is 4.31 Å². The van der Waals surface area contributed by atoms with Crippen LogP contribution < -0.4 is 5.32 Å². The summed E-state index contributed by atoms with van der Waals surface area (Å²) in [7, 11) is -3.53. The second-order valence-electron chi connectivity index (χ2n) is 6.66. The number of carbonyl (C=O) groups excluding carboxylic acids is 1. The van der Waals surface area contributed by atoms with Crippen molar-refractivity contribution in [3.63, 3.8) is 0 Å². The molecule has 2 fully saturated rings. The molecule has 0 spiro atoms. The zero-order chi connectivity index (χ0) is 17.2. The molecule has 0 atom stereocenters.